The highest BCUT2D eigenvalue weighted by atomic mass is 32.2. The number of aliphatic hydroxyl groups is 1. The van der Waals surface area contributed by atoms with E-state index in [4.69, 9.17) is 19.3 Å². The van der Waals surface area contributed by atoms with Crippen molar-refractivity contribution in [2.45, 2.75) is 13.0 Å². The molecule has 0 aliphatic carbocycles. The lowest BCUT2D eigenvalue weighted by atomic mass is 10.2. The minimum absolute atomic E-state index is 0.0619. The lowest BCUT2D eigenvalue weighted by Crippen LogP contribution is -2.09. The Bertz CT molecular complexity index is 513. The summed E-state index contributed by atoms with van der Waals surface area (Å²) in [5.41, 5.74) is 0.641. The highest BCUT2D eigenvalue weighted by Crippen LogP contribution is 2.38. The molecule has 0 heterocycles. The Morgan fingerprint density at radius 1 is 1.15 bits per heavy atom. The molecular formula is C13H20O6S. The molecule has 0 saturated carbocycles. The van der Waals surface area contributed by atoms with Crippen molar-refractivity contribution in [1.82, 2.24) is 0 Å². The molecule has 0 aromatic heterocycles. The van der Waals surface area contributed by atoms with E-state index >= 15 is 0 Å². The SMILES string of the molecule is COc1cc(CO)cc(OC)c1OCCCS(C)(=O)=O. The molecule has 0 spiro atoms. The van der Waals surface area contributed by atoms with E-state index in [0.717, 1.165) is 0 Å². The average molecular weight is 304 g/mol. The first-order chi connectivity index (χ1) is 9.41. The lowest BCUT2D eigenvalue weighted by molar-refractivity contribution is 0.266. The summed E-state index contributed by atoms with van der Waals surface area (Å²) in [7, 11) is -0.0253. The standard InChI is InChI=1S/C13H20O6S/c1-17-11-7-10(9-14)8-12(18-2)13(11)19-5-4-6-20(3,15)16/h7-8,14H,4-6,9H2,1-3H3. The van der Waals surface area contributed by atoms with E-state index in [-0.39, 0.29) is 19.0 Å². The van der Waals surface area contributed by atoms with Crippen molar-refractivity contribution in [2.75, 3.05) is 32.8 Å². The molecule has 7 heteroatoms. The summed E-state index contributed by atoms with van der Waals surface area (Å²) >= 11 is 0. The number of methoxy groups -OCH3 is 2. The largest absolute Gasteiger partial charge is 0.493 e. The van der Waals surface area contributed by atoms with Crippen molar-refractivity contribution in [3.63, 3.8) is 0 Å². The van der Waals surface area contributed by atoms with E-state index in [9.17, 15) is 8.42 Å². The molecule has 1 aromatic rings. The van der Waals surface area contributed by atoms with Gasteiger partial charge in [0, 0.05) is 6.26 Å². The van der Waals surface area contributed by atoms with Gasteiger partial charge in [-0.3, -0.25) is 0 Å². The summed E-state index contributed by atoms with van der Waals surface area (Å²) in [6.45, 7) is 0.0966. The number of ether oxygens (including phenoxy) is 3. The van der Waals surface area contributed by atoms with Crippen LogP contribution in [0.1, 0.15) is 12.0 Å². The molecular weight excluding hydrogens is 284 g/mol. The molecule has 20 heavy (non-hydrogen) atoms. The summed E-state index contributed by atoms with van der Waals surface area (Å²) in [5.74, 6) is 1.34. The molecule has 1 rings (SSSR count). The fourth-order valence-corrected chi connectivity index (χ4v) is 2.31. The Morgan fingerprint density at radius 2 is 1.70 bits per heavy atom. The molecule has 1 N–H and O–H groups in total. The zero-order valence-corrected chi connectivity index (χ0v) is 12.7. The van der Waals surface area contributed by atoms with Gasteiger partial charge in [0.05, 0.1) is 33.2 Å². The van der Waals surface area contributed by atoms with Crippen LogP contribution < -0.4 is 14.2 Å². The van der Waals surface area contributed by atoms with Crippen LogP contribution in [0.4, 0.5) is 0 Å². The average Bonchev–Trinajstić information content (AvgIpc) is 2.41. The van der Waals surface area contributed by atoms with Gasteiger partial charge in [-0.05, 0) is 24.1 Å². The number of rotatable bonds is 8. The number of hydrogen-bond donors (Lipinski definition) is 1. The summed E-state index contributed by atoms with van der Waals surface area (Å²) in [6, 6.07) is 3.29. The zero-order chi connectivity index (χ0) is 15.2. The molecule has 1 aromatic carbocycles. The molecule has 0 unspecified atom stereocenters. The van der Waals surface area contributed by atoms with Crippen molar-refractivity contribution in [1.29, 1.82) is 0 Å². The van der Waals surface area contributed by atoms with Crippen molar-refractivity contribution < 1.29 is 27.7 Å². The molecule has 0 saturated heterocycles. The van der Waals surface area contributed by atoms with Gasteiger partial charge in [-0.25, -0.2) is 8.42 Å². The second-order valence-electron chi connectivity index (χ2n) is 4.32. The minimum Gasteiger partial charge on any atom is -0.493 e. The molecule has 114 valence electrons. The van der Waals surface area contributed by atoms with E-state index in [1.807, 2.05) is 0 Å². The van der Waals surface area contributed by atoms with Gasteiger partial charge in [0.2, 0.25) is 5.75 Å². The van der Waals surface area contributed by atoms with Crippen molar-refractivity contribution in [3.8, 4) is 17.2 Å². The molecule has 0 aliphatic heterocycles. The van der Waals surface area contributed by atoms with E-state index in [2.05, 4.69) is 0 Å². The van der Waals surface area contributed by atoms with Crippen LogP contribution in [0.3, 0.4) is 0 Å². The van der Waals surface area contributed by atoms with E-state index in [1.165, 1.54) is 20.5 Å². The van der Waals surface area contributed by atoms with Crippen LogP contribution >= 0.6 is 0 Å². The molecule has 0 fully saturated rings. The number of hydrogen-bond acceptors (Lipinski definition) is 6. The maximum atomic E-state index is 11.0. The summed E-state index contributed by atoms with van der Waals surface area (Å²) in [5, 5.41) is 9.15. The fraction of sp³-hybridized carbons (Fsp3) is 0.538. The lowest BCUT2D eigenvalue weighted by Gasteiger charge is -2.15. The van der Waals surface area contributed by atoms with Crippen LogP contribution in [0, 0.1) is 0 Å². The minimum atomic E-state index is -3.00. The molecule has 6 nitrogen and oxygen atoms in total. The number of aliphatic hydroxyl groups excluding tert-OH is 1. The van der Waals surface area contributed by atoms with Crippen LogP contribution in [-0.2, 0) is 16.4 Å². The van der Waals surface area contributed by atoms with Crippen LogP contribution in [0.5, 0.6) is 17.2 Å². The Morgan fingerprint density at radius 3 is 2.10 bits per heavy atom. The molecule has 0 bridgehead atoms. The third-order valence-electron chi connectivity index (χ3n) is 2.61. The molecule has 0 atom stereocenters. The summed E-state index contributed by atoms with van der Waals surface area (Å²) in [4.78, 5) is 0. The highest BCUT2D eigenvalue weighted by molar-refractivity contribution is 7.90. The second kappa shape index (κ2) is 7.35. The van der Waals surface area contributed by atoms with Gasteiger partial charge in [0.1, 0.15) is 9.84 Å². The summed E-state index contributed by atoms with van der Waals surface area (Å²) < 4.78 is 38.0. The van der Waals surface area contributed by atoms with Gasteiger partial charge < -0.3 is 19.3 Å². The quantitative estimate of drug-likeness (QED) is 0.722. The third-order valence-corrected chi connectivity index (χ3v) is 3.64. The Kier molecular flexibility index (Phi) is 6.09. The number of benzene rings is 1. The van der Waals surface area contributed by atoms with Gasteiger partial charge in [-0.2, -0.15) is 0 Å². The maximum Gasteiger partial charge on any atom is 0.203 e. The topological polar surface area (TPSA) is 82.1 Å². The fourth-order valence-electron chi connectivity index (χ4n) is 1.66. The third kappa shape index (κ3) is 4.90. The predicted octanol–water partition coefficient (Wildman–Crippen LogP) is 1.01. The van der Waals surface area contributed by atoms with Gasteiger partial charge in [-0.15, -0.1) is 0 Å². The van der Waals surface area contributed by atoms with E-state index < -0.39 is 9.84 Å². The van der Waals surface area contributed by atoms with E-state index in [1.54, 1.807) is 12.1 Å². The monoisotopic (exact) mass is 304 g/mol. The smallest absolute Gasteiger partial charge is 0.203 e. The maximum absolute atomic E-state index is 11.0. The van der Waals surface area contributed by atoms with Gasteiger partial charge in [0.15, 0.2) is 11.5 Å². The Balaban J connectivity index is 2.82. The normalized spacial score (nSPS) is 11.2. The van der Waals surface area contributed by atoms with Crippen molar-refractivity contribution >= 4 is 9.84 Å². The predicted molar refractivity (Wildman–Crippen MR) is 75.3 cm³/mol. The van der Waals surface area contributed by atoms with Gasteiger partial charge in [-0.1, -0.05) is 0 Å². The molecule has 0 amide bonds. The molecule has 0 radical (unpaired) electrons. The van der Waals surface area contributed by atoms with Gasteiger partial charge >= 0.3 is 0 Å². The Hall–Kier alpha value is -1.47. The summed E-state index contributed by atoms with van der Waals surface area (Å²) in [6.07, 6.45) is 1.57. The zero-order valence-electron chi connectivity index (χ0n) is 11.9. The van der Waals surface area contributed by atoms with Crippen LogP contribution in [-0.4, -0.2) is 46.4 Å². The van der Waals surface area contributed by atoms with Crippen molar-refractivity contribution in [2.24, 2.45) is 0 Å². The van der Waals surface area contributed by atoms with Crippen LogP contribution in [0.25, 0.3) is 0 Å². The highest BCUT2D eigenvalue weighted by Gasteiger charge is 2.14. The van der Waals surface area contributed by atoms with Crippen LogP contribution in [0.15, 0.2) is 12.1 Å². The number of sulfone groups is 1. The first-order valence-corrected chi connectivity index (χ1v) is 8.13. The van der Waals surface area contributed by atoms with Gasteiger partial charge in [0.25, 0.3) is 0 Å². The first kappa shape index (κ1) is 16.6. The van der Waals surface area contributed by atoms with Crippen molar-refractivity contribution in [3.05, 3.63) is 17.7 Å². The first-order valence-electron chi connectivity index (χ1n) is 6.07. The Labute approximate surface area is 119 Å². The van der Waals surface area contributed by atoms with E-state index in [0.29, 0.717) is 29.2 Å². The second-order valence-corrected chi connectivity index (χ2v) is 6.58. The molecule has 0 aliphatic rings. The van der Waals surface area contributed by atoms with Crippen LogP contribution in [0.2, 0.25) is 0 Å².